The Balaban J connectivity index is 2.32. The second-order valence-corrected chi connectivity index (χ2v) is 3.53. The van der Waals surface area contributed by atoms with Crippen molar-refractivity contribution in [1.82, 2.24) is 20.2 Å². The summed E-state index contributed by atoms with van der Waals surface area (Å²) in [4.78, 5) is 18.6. The van der Waals surface area contributed by atoms with Crippen LogP contribution in [0.2, 0.25) is 0 Å². The van der Waals surface area contributed by atoms with Crippen LogP contribution in [-0.4, -0.2) is 31.8 Å². The molecule has 0 radical (unpaired) electrons. The first-order valence-electron chi connectivity index (χ1n) is 3.82. The number of rotatable bonds is 3. The smallest absolute Gasteiger partial charge is 0.227 e. The van der Waals surface area contributed by atoms with Gasteiger partial charge >= 0.3 is 0 Å². The Morgan fingerprint density at radius 3 is 3.21 bits per heavy atom. The number of carbonyl (C=O) groups excluding carboxylic acids is 1. The van der Waals surface area contributed by atoms with Gasteiger partial charge in [0, 0.05) is 0 Å². The van der Waals surface area contributed by atoms with E-state index in [4.69, 9.17) is 5.73 Å². The molecule has 3 N–H and O–H groups in total. The maximum absolute atomic E-state index is 10.6. The molecule has 2 heterocycles. The van der Waals surface area contributed by atoms with Crippen molar-refractivity contribution in [2.75, 3.05) is 5.75 Å². The predicted molar refractivity (Wildman–Crippen MR) is 51.6 cm³/mol. The van der Waals surface area contributed by atoms with Crippen molar-refractivity contribution < 1.29 is 4.79 Å². The Bertz CT molecular complexity index is 468. The second kappa shape index (κ2) is 3.62. The lowest BCUT2D eigenvalue weighted by atomic mass is 10.4. The number of H-pyrrole nitrogens is 1. The van der Waals surface area contributed by atoms with Gasteiger partial charge in [0.2, 0.25) is 5.91 Å². The van der Waals surface area contributed by atoms with Crippen molar-refractivity contribution in [2.45, 2.75) is 5.03 Å². The van der Waals surface area contributed by atoms with Crippen molar-refractivity contribution in [3.8, 4) is 0 Å². The number of aromatic amines is 1. The van der Waals surface area contributed by atoms with Crippen LogP contribution in [0.4, 0.5) is 0 Å². The maximum atomic E-state index is 10.6. The van der Waals surface area contributed by atoms with Crippen LogP contribution in [0.1, 0.15) is 0 Å². The lowest BCUT2D eigenvalue weighted by Crippen LogP contribution is -2.13. The predicted octanol–water partition coefficient (Wildman–Crippen LogP) is -0.0697. The Kier molecular flexibility index (Phi) is 2.32. The number of thioether (sulfide) groups is 1. The topological polar surface area (TPSA) is 97.5 Å². The SMILES string of the molecule is NC(=O)CSc1ncnc2[nH]ncc12. The Morgan fingerprint density at radius 2 is 2.43 bits per heavy atom. The summed E-state index contributed by atoms with van der Waals surface area (Å²) >= 11 is 1.28. The third kappa shape index (κ3) is 1.67. The molecule has 0 aromatic carbocycles. The molecule has 0 spiro atoms. The van der Waals surface area contributed by atoms with Gasteiger partial charge in [-0.2, -0.15) is 5.10 Å². The number of amides is 1. The van der Waals surface area contributed by atoms with E-state index in [0.717, 1.165) is 5.39 Å². The number of nitrogens with zero attached hydrogens (tertiary/aromatic N) is 3. The van der Waals surface area contributed by atoms with Gasteiger partial charge in [0.15, 0.2) is 5.65 Å². The molecule has 7 heteroatoms. The number of fused-ring (bicyclic) bond motifs is 1. The van der Waals surface area contributed by atoms with Crippen LogP contribution >= 0.6 is 11.8 Å². The number of nitrogens with two attached hydrogens (primary N) is 1. The molecule has 0 aliphatic rings. The zero-order chi connectivity index (χ0) is 9.97. The minimum absolute atomic E-state index is 0.206. The quantitative estimate of drug-likeness (QED) is 0.544. The summed E-state index contributed by atoms with van der Waals surface area (Å²) in [6.07, 6.45) is 3.04. The summed E-state index contributed by atoms with van der Waals surface area (Å²) in [5.74, 6) is -0.164. The number of hydrogen-bond acceptors (Lipinski definition) is 5. The first-order valence-corrected chi connectivity index (χ1v) is 4.81. The molecule has 0 saturated carbocycles. The largest absolute Gasteiger partial charge is 0.369 e. The maximum Gasteiger partial charge on any atom is 0.227 e. The number of nitrogens with one attached hydrogen (secondary N) is 1. The number of hydrogen-bond donors (Lipinski definition) is 2. The summed E-state index contributed by atoms with van der Waals surface area (Å²) < 4.78 is 0. The fourth-order valence-corrected chi connectivity index (χ4v) is 1.70. The van der Waals surface area contributed by atoms with E-state index in [1.807, 2.05) is 0 Å². The van der Waals surface area contributed by atoms with Crippen molar-refractivity contribution in [2.24, 2.45) is 5.73 Å². The van der Waals surface area contributed by atoms with E-state index in [2.05, 4.69) is 20.2 Å². The highest BCUT2D eigenvalue weighted by molar-refractivity contribution is 8.00. The Labute approximate surface area is 83.3 Å². The van der Waals surface area contributed by atoms with Gasteiger partial charge in [0.25, 0.3) is 0 Å². The van der Waals surface area contributed by atoms with Gasteiger partial charge in [-0.25, -0.2) is 9.97 Å². The van der Waals surface area contributed by atoms with Crippen molar-refractivity contribution >= 4 is 28.7 Å². The van der Waals surface area contributed by atoms with Crippen molar-refractivity contribution in [3.63, 3.8) is 0 Å². The van der Waals surface area contributed by atoms with Crippen LogP contribution in [0, 0.1) is 0 Å². The van der Waals surface area contributed by atoms with E-state index in [-0.39, 0.29) is 11.7 Å². The molecule has 2 aromatic rings. The van der Waals surface area contributed by atoms with Crippen molar-refractivity contribution in [1.29, 1.82) is 0 Å². The van der Waals surface area contributed by atoms with Crippen LogP contribution < -0.4 is 5.73 Å². The van der Waals surface area contributed by atoms with E-state index >= 15 is 0 Å². The average molecular weight is 209 g/mol. The van der Waals surface area contributed by atoms with E-state index < -0.39 is 0 Å². The highest BCUT2D eigenvalue weighted by atomic mass is 32.2. The van der Waals surface area contributed by atoms with Gasteiger partial charge in [0.05, 0.1) is 17.3 Å². The van der Waals surface area contributed by atoms with Crippen LogP contribution in [0.15, 0.2) is 17.6 Å². The fraction of sp³-hybridized carbons (Fsp3) is 0.143. The molecule has 0 unspecified atom stereocenters. The van der Waals surface area contributed by atoms with E-state index in [1.165, 1.54) is 18.1 Å². The third-order valence-corrected chi connectivity index (χ3v) is 2.59. The van der Waals surface area contributed by atoms with Crippen molar-refractivity contribution in [3.05, 3.63) is 12.5 Å². The molecule has 2 rings (SSSR count). The molecule has 0 fully saturated rings. The second-order valence-electron chi connectivity index (χ2n) is 2.57. The summed E-state index contributed by atoms with van der Waals surface area (Å²) in [5.41, 5.74) is 5.69. The summed E-state index contributed by atoms with van der Waals surface area (Å²) in [6, 6.07) is 0. The molecule has 0 aliphatic carbocycles. The normalized spacial score (nSPS) is 10.6. The van der Waals surface area contributed by atoms with Gasteiger partial charge in [-0.3, -0.25) is 9.89 Å². The minimum Gasteiger partial charge on any atom is -0.369 e. The monoisotopic (exact) mass is 209 g/mol. The lowest BCUT2D eigenvalue weighted by Gasteiger charge is -1.97. The summed E-state index contributed by atoms with van der Waals surface area (Å²) in [5, 5.41) is 8.06. The average Bonchev–Trinajstić information content (AvgIpc) is 2.62. The summed E-state index contributed by atoms with van der Waals surface area (Å²) in [7, 11) is 0. The fourth-order valence-electron chi connectivity index (χ4n) is 0.997. The first-order chi connectivity index (χ1) is 6.77. The van der Waals surface area contributed by atoms with Crippen LogP contribution in [0.3, 0.4) is 0 Å². The molecule has 0 bridgehead atoms. The zero-order valence-corrected chi connectivity index (χ0v) is 7.91. The van der Waals surface area contributed by atoms with Crippen LogP contribution in [0.25, 0.3) is 11.0 Å². The molecule has 6 nitrogen and oxygen atoms in total. The standard InChI is InChI=1S/C7H7N5OS/c8-5(13)2-14-7-4-1-11-12-6(4)9-3-10-7/h1,3H,2H2,(H2,8,13)(H,9,10,11,12). The molecule has 14 heavy (non-hydrogen) atoms. The highest BCUT2D eigenvalue weighted by Gasteiger charge is 2.06. The van der Waals surface area contributed by atoms with Gasteiger partial charge in [-0.15, -0.1) is 0 Å². The molecular formula is C7H7N5OS. The van der Waals surface area contributed by atoms with E-state index in [0.29, 0.717) is 10.7 Å². The number of carbonyl (C=O) groups is 1. The Morgan fingerprint density at radius 1 is 1.57 bits per heavy atom. The molecule has 2 aromatic heterocycles. The molecule has 1 amide bonds. The Hall–Kier alpha value is -1.63. The van der Waals surface area contributed by atoms with Crippen LogP contribution in [0.5, 0.6) is 0 Å². The third-order valence-electron chi connectivity index (χ3n) is 1.56. The molecule has 0 aliphatic heterocycles. The number of primary amides is 1. The molecular weight excluding hydrogens is 202 g/mol. The molecule has 0 atom stereocenters. The van der Waals surface area contributed by atoms with Gasteiger partial charge in [0.1, 0.15) is 11.4 Å². The highest BCUT2D eigenvalue weighted by Crippen LogP contribution is 2.21. The van der Waals surface area contributed by atoms with Gasteiger partial charge in [-0.1, -0.05) is 11.8 Å². The van der Waals surface area contributed by atoms with E-state index in [1.54, 1.807) is 6.20 Å². The van der Waals surface area contributed by atoms with E-state index in [9.17, 15) is 4.79 Å². The lowest BCUT2D eigenvalue weighted by molar-refractivity contribution is -0.115. The molecule has 0 saturated heterocycles. The summed E-state index contributed by atoms with van der Waals surface area (Å²) in [6.45, 7) is 0. The molecule has 72 valence electrons. The number of aromatic nitrogens is 4. The van der Waals surface area contributed by atoms with Gasteiger partial charge in [-0.05, 0) is 0 Å². The first kappa shape index (κ1) is 8.95. The van der Waals surface area contributed by atoms with Gasteiger partial charge < -0.3 is 5.73 Å². The minimum atomic E-state index is -0.370. The van der Waals surface area contributed by atoms with Crippen LogP contribution in [-0.2, 0) is 4.79 Å². The zero-order valence-electron chi connectivity index (χ0n) is 7.10.